The van der Waals surface area contributed by atoms with Crippen LogP contribution in [0.2, 0.25) is 10.0 Å². The van der Waals surface area contributed by atoms with Gasteiger partial charge in [0.05, 0.1) is 18.0 Å². The van der Waals surface area contributed by atoms with Gasteiger partial charge in [0.25, 0.3) is 0 Å². The first-order valence-corrected chi connectivity index (χ1v) is 10.7. The fourth-order valence-electron chi connectivity index (χ4n) is 2.30. The molecule has 2 rings (SSSR count). The van der Waals surface area contributed by atoms with E-state index in [-0.39, 0.29) is 21.8 Å². The van der Waals surface area contributed by atoms with Crippen molar-refractivity contribution < 1.29 is 17.9 Å². The largest absolute Gasteiger partial charge is 0.491 e. The molecule has 6 nitrogen and oxygen atoms in total. The summed E-state index contributed by atoms with van der Waals surface area (Å²) < 4.78 is 30.7. The van der Waals surface area contributed by atoms with Gasteiger partial charge in [-0.3, -0.25) is 9.10 Å². The van der Waals surface area contributed by atoms with E-state index in [1.807, 2.05) is 13.8 Å². The second kappa shape index (κ2) is 8.82. The summed E-state index contributed by atoms with van der Waals surface area (Å²) in [6.07, 6.45) is 1.05. The van der Waals surface area contributed by atoms with E-state index in [0.29, 0.717) is 11.4 Å². The second-order valence-electron chi connectivity index (χ2n) is 6.14. The summed E-state index contributed by atoms with van der Waals surface area (Å²) in [5.74, 6) is 0.170. The van der Waals surface area contributed by atoms with Crippen LogP contribution >= 0.6 is 23.2 Å². The standard InChI is InChI=1S/C18H20Cl2N2O4S/c1-12(2)26-17-6-4-15(5-7-17)21-18(23)11-22(27(3,24)25)16-9-13(19)8-14(20)10-16/h4-10,12H,11H2,1-3H3,(H,21,23). The Hall–Kier alpha value is -1.96. The lowest BCUT2D eigenvalue weighted by Gasteiger charge is -2.22. The van der Waals surface area contributed by atoms with E-state index in [9.17, 15) is 13.2 Å². The molecule has 0 aliphatic rings. The summed E-state index contributed by atoms with van der Waals surface area (Å²) in [5, 5.41) is 3.20. The number of amides is 1. The molecule has 0 spiro atoms. The number of ether oxygens (including phenoxy) is 1. The van der Waals surface area contributed by atoms with Crippen LogP contribution in [0.5, 0.6) is 5.75 Å². The maximum absolute atomic E-state index is 12.4. The highest BCUT2D eigenvalue weighted by atomic mass is 35.5. The van der Waals surface area contributed by atoms with Gasteiger partial charge in [0.15, 0.2) is 0 Å². The Bertz CT molecular complexity index is 895. The number of carbonyl (C=O) groups excluding carboxylic acids is 1. The van der Waals surface area contributed by atoms with Gasteiger partial charge in [-0.2, -0.15) is 0 Å². The van der Waals surface area contributed by atoms with Crippen molar-refractivity contribution in [3.63, 3.8) is 0 Å². The maximum Gasteiger partial charge on any atom is 0.245 e. The van der Waals surface area contributed by atoms with Crippen molar-refractivity contribution in [3.05, 3.63) is 52.5 Å². The minimum absolute atomic E-state index is 0.0401. The molecule has 0 saturated carbocycles. The molecule has 2 aromatic carbocycles. The Morgan fingerprint density at radius 3 is 2.15 bits per heavy atom. The third-order valence-corrected chi connectivity index (χ3v) is 4.91. The monoisotopic (exact) mass is 430 g/mol. The number of nitrogens with one attached hydrogen (secondary N) is 1. The van der Waals surface area contributed by atoms with Crippen LogP contribution in [0.1, 0.15) is 13.8 Å². The lowest BCUT2D eigenvalue weighted by atomic mass is 10.3. The Morgan fingerprint density at radius 1 is 1.11 bits per heavy atom. The van der Waals surface area contributed by atoms with E-state index in [1.54, 1.807) is 24.3 Å². The van der Waals surface area contributed by atoms with Gasteiger partial charge in [0.2, 0.25) is 15.9 Å². The molecular weight excluding hydrogens is 411 g/mol. The van der Waals surface area contributed by atoms with Crippen LogP contribution in [0.25, 0.3) is 0 Å². The molecule has 0 aromatic heterocycles. The predicted molar refractivity (Wildman–Crippen MR) is 109 cm³/mol. The normalized spacial score (nSPS) is 11.3. The average molecular weight is 431 g/mol. The highest BCUT2D eigenvalue weighted by Crippen LogP contribution is 2.27. The Balaban J connectivity index is 2.14. The summed E-state index contributed by atoms with van der Waals surface area (Å²) in [5.41, 5.74) is 0.736. The maximum atomic E-state index is 12.4. The molecule has 1 amide bonds. The molecule has 0 atom stereocenters. The highest BCUT2D eigenvalue weighted by molar-refractivity contribution is 7.92. The highest BCUT2D eigenvalue weighted by Gasteiger charge is 2.21. The topological polar surface area (TPSA) is 75.7 Å². The number of sulfonamides is 1. The van der Waals surface area contributed by atoms with Gasteiger partial charge in [-0.1, -0.05) is 23.2 Å². The van der Waals surface area contributed by atoms with Crippen molar-refractivity contribution in [2.24, 2.45) is 0 Å². The SMILES string of the molecule is CC(C)Oc1ccc(NC(=O)CN(c2cc(Cl)cc(Cl)c2)S(C)(=O)=O)cc1. The van der Waals surface area contributed by atoms with Gasteiger partial charge in [0, 0.05) is 15.7 Å². The Labute approximate surface area is 169 Å². The molecule has 0 bridgehead atoms. The van der Waals surface area contributed by atoms with Crippen LogP contribution in [0.15, 0.2) is 42.5 Å². The molecule has 146 valence electrons. The van der Waals surface area contributed by atoms with Gasteiger partial charge < -0.3 is 10.1 Å². The molecule has 0 aliphatic carbocycles. The molecule has 9 heteroatoms. The smallest absolute Gasteiger partial charge is 0.245 e. The van der Waals surface area contributed by atoms with Crippen molar-refractivity contribution in [3.8, 4) is 5.75 Å². The summed E-state index contributed by atoms with van der Waals surface area (Å²) in [6.45, 7) is 3.41. The Kier molecular flexibility index (Phi) is 6.97. The zero-order valence-electron chi connectivity index (χ0n) is 15.1. The number of anilines is 2. The Morgan fingerprint density at radius 2 is 1.67 bits per heavy atom. The molecule has 0 heterocycles. The van der Waals surface area contributed by atoms with Gasteiger partial charge >= 0.3 is 0 Å². The third kappa shape index (κ3) is 6.61. The number of nitrogens with zero attached hydrogens (tertiary/aromatic N) is 1. The molecule has 0 fully saturated rings. The van der Waals surface area contributed by atoms with Gasteiger partial charge in [0.1, 0.15) is 12.3 Å². The molecule has 2 aromatic rings. The molecule has 0 saturated heterocycles. The van der Waals surface area contributed by atoms with E-state index in [4.69, 9.17) is 27.9 Å². The summed E-state index contributed by atoms with van der Waals surface area (Å²) in [7, 11) is -3.72. The quantitative estimate of drug-likeness (QED) is 0.714. The van der Waals surface area contributed by atoms with Crippen LogP contribution in [0, 0.1) is 0 Å². The molecule has 0 unspecified atom stereocenters. The fraction of sp³-hybridized carbons (Fsp3) is 0.278. The molecular formula is C18H20Cl2N2O4S. The lowest BCUT2D eigenvalue weighted by Crippen LogP contribution is -2.37. The van der Waals surface area contributed by atoms with Crippen molar-refractivity contribution in [2.75, 3.05) is 22.4 Å². The van der Waals surface area contributed by atoms with Crippen molar-refractivity contribution in [1.29, 1.82) is 0 Å². The zero-order valence-corrected chi connectivity index (χ0v) is 17.4. The molecule has 0 aliphatic heterocycles. The zero-order chi connectivity index (χ0) is 20.2. The minimum Gasteiger partial charge on any atom is -0.491 e. The second-order valence-corrected chi connectivity index (χ2v) is 8.92. The van der Waals surface area contributed by atoms with E-state index in [0.717, 1.165) is 10.6 Å². The fourth-order valence-corrected chi connectivity index (χ4v) is 3.66. The van der Waals surface area contributed by atoms with Crippen LogP contribution in [-0.2, 0) is 14.8 Å². The molecule has 27 heavy (non-hydrogen) atoms. The number of halogens is 2. The minimum atomic E-state index is -3.72. The number of carbonyl (C=O) groups is 1. The van der Waals surface area contributed by atoms with Gasteiger partial charge in [-0.15, -0.1) is 0 Å². The predicted octanol–water partition coefficient (Wildman–Crippen LogP) is 4.19. The van der Waals surface area contributed by atoms with Crippen LogP contribution < -0.4 is 14.4 Å². The van der Waals surface area contributed by atoms with Gasteiger partial charge in [-0.05, 0) is 56.3 Å². The summed E-state index contributed by atoms with van der Waals surface area (Å²) in [4.78, 5) is 12.4. The van der Waals surface area contributed by atoms with Crippen LogP contribution in [0.4, 0.5) is 11.4 Å². The van der Waals surface area contributed by atoms with Crippen LogP contribution in [-0.4, -0.2) is 33.2 Å². The van der Waals surface area contributed by atoms with Crippen LogP contribution in [0.3, 0.4) is 0 Å². The number of hydrogen-bond acceptors (Lipinski definition) is 4. The van der Waals surface area contributed by atoms with E-state index in [2.05, 4.69) is 5.32 Å². The number of benzene rings is 2. The number of hydrogen-bond donors (Lipinski definition) is 1. The van der Waals surface area contributed by atoms with Gasteiger partial charge in [-0.25, -0.2) is 8.42 Å². The summed E-state index contributed by atoms with van der Waals surface area (Å²) in [6, 6.07) is 11.1. The van der Waals surface area contributed by atoms with Crippen molar-refractivity contribution in [2.45, 2.75) is 20.0 Å². The van der Waals surface area contributed by atoms with E-state index in [1.165, 1.54) is 18.2 Å². The average Bonchev–Trinajstić information content (AvgIpc) is 2.52. The third-order valence-electron chi connectivity index (χ3n) is 3.33. The first-order chi connectivity index (χ1) is 12.5. The van der Waals surface area contributed by atoms with E-state index >= 15 is 0 Å². The summed E-state index contributed by atoms with van der Waals surface area (Å²) >= 11 is 11.9. The van der Waals surface area contributed by atoms with E-state index < -0.39 is 22.5 Å². The molecule has 0 radical (unpaired) electrons. The van der Waals surface area contributed by atoms with Crippen molar-refractivity contribution in [1.82, 2.24) is 0 Å². The number of rotatable bonds is 7. The van der Waals surface area contributed by atoms with Crippen molar-refractivity contribution >= 4 is 50.5 Å². The first-order valence-electron chi connectivity index (χ1n) is 8.05. The molecule has 1 N–H and O–H groups in total. The lowest BCUT2D eigenvalue weighted by molar-refractivity contribution is -0.114. The first kappa shape index (κ1) is 21.3.